The second kappa shape index (κ2) is 11.8. The molecule has 2 aliphatic rings. The van der Waals surface area contributed by atoms with Crippen LogP contribution < -0.4 is 21.3 Å². The summed E-state index contributed by atoms with van der Waals surface area (Å²) in [5.41, 5.74) is 5.10. The Morgan fingerprint density at radius 1 is 0.976 bits per heavy atom. The van der Waals surface area contributed by atoms with E-state index in [2.05, 4.69) is 36.2 Å². The Labute approximate surface area is 242 Å². The summed E-state index contributed by atoms with van der Waals surface area (Å²) in [6.07, 6.45) is 7.62. The number of carbonyl (C=O) groups is 2. The highest BCUT2D eigenvalue weighted by Crippen LogP contribution is 2.30. The van der Waals surface area contributed by atoms with Gasteiger partial charge in [0, 0.05) is 42.8 Å². The van der Waals surface area contributed by atoms with Crippen molar-refractivity contribution in [3.63, 3.8) is 0 Å². The van der Waals surface area contributed by atoms with Crippen molar-refractivity contribution >= 4 is 58.1 Å². The molecule has 10 nitrogen and oxygen atoms in total. The van der Waals surface area contributed by atoms with Crippen molar-refractivity contribution in [2.45, 2.75) is 25.7 Å². The van der Waals surface area contributed by atoms with Crippen molar-refractivity contribution in [1.29, 1.82) is 0 Å². The van der Waals surface area contributed by atoms with Gasteiger partial charge in [-0.25, -0.2) is 9.78 Å². The number of benzene rings is 2. The minimum absolute atomic E-state index is 0.0726. The van der Waals surface area contributed by atoms with E-state index in [4.69, 9.17) is 11.6 Å². The Hall–Kier alpha value is -4.70. The van der Waals surface area contributed by atoms with Crippen molar-refractivity contribution in [3.8, 4) is 0 Å². The second-order valence-corrected chi connectivity index (χ2v) is 10.7. The van der Waals surface area contributed by atoms with Gasteiger partial charge >= 0.3 is 6.03 Å². The summed E-state index contributed by atoms with van der Waals surface area (Å²) in [6.45, 7) is 1.17. The van der Waals surface area contributed by atoms with Gasteiger partial charge in [0.1, 0.15) is 5.02 Å². The maximum atomic E-state index is 13.1. The largest absolute Gasteiger partial charge is 0.339 e. The first-order chi connectivity index (χ1) is 20.0. The van der Waals surface area contributed by atoms with Gasteiger partial charge in [-0.3, -0.25) is 9.78 Å². The summed E-state index contributed by atoms with van der Waals surface area (Å²) in [5.74, 6) is 0.897. The van der Waals surface area contributed by atoms with E-state index in [1.807, 2.05) is 60.8 Å². The van der Waals surface area contributed by atoms with Crippen molar-refractivity contribution in [1.82, 2.24) is 19.9 Å². The van der Waals surface area contributed by atoms with Crippen molar-refractivity contribution in [2.75, 3.05) is 34.4 Å². The molecule has 41 heavy (non-hydrogen) atoms. The van der Waals surface area contributed by atoms with Gasteiger partial charge < -0.3 is 26.2 Å². The van der Waals surface area contributed by atoms with Gasteiger partial charge in [0.15, 0.2) is 5.82 Å². The Balaban J connectivity index is 1.15. The number of hydrogen-bond acceptors (Lipinski definition) is 7. The maximum absolute atomic E-state index is 13.1. The van der Waals surface area contributed by atoms with Crippen molar-refractivity contribution in [3.05, 3.63) is 89.3 Å². The highest BCUT2D eigenvalue weighted by Gasteiger charge is 2.28. The van der Waals surface area contributed by atoms with Crippen LogP contribution in [0.25, 0.3) is 0 Å². The molecule has 4 heterocycles. The van der Waals surface area contributed by atoms with Gasteiger partial charge in [-0.2, -0.15) is 4.98 Å². The van der Waals surface area contributed by atoms with E-state index in [1.54, 1.807) is 17.3 Å². The number of aryl methyl sites for hydroxylation is 2. The molecule has 4 N–H and O–H groups in total. The van der Waals surface area contributed by atoms with Crippen LogP contribution >= 0.6 is 11.6 Å². The molecule has 0 saturated carbocycles. The predicted molar refractivity (Wildman–Crippen MR) is 160 cm³/mol. The van der Waals surface area contributed by atoms with Gasteiger partial charge in [-0.1, -0.05) is 29.8 Å². The van der Waals surface area contributed by atoms with Crippen LogP contribution in [0, 0.1) is 5.92 Å². The third-order valence-corrected chi connectivity index (χ3v) is 7.47. The number of urea groups is 1. The van der Waals surface area contributed by atoms with Gasteiger partial charge in [0.2, 0.25) is 11.9 Å². The van der Waals surface area contributed by atoms with Crippen LogP contribution in [-0.2, 0) is 17.6 Å². The SMILES string of the molecule is O=C(C[C@H]1CCN(C(=O)Nc2ccccc2)C1)Nc1ccc2cc1CCc1cncc(c1)Nc1ncc(Cl)c(n1)N2. The van der Waals surface area contributed by atoms with Gasteiger partial charge in [-0.15, -0.1) is 0 Å². The molecule has 3 amide bonds. The molecule has 208 valence electrons. The minimum Gasteiger partial charge on any atom is -0.339 e. The molecule has 6 bridgehead atoms. The van der Waals surface area contributed by atoms with E-state index in [0.29, 0.717) is 42.7 Å². The molecular formula is C30H29ClN8O2. The summed E-state index contributed by atoms with van der Waals surface area (Å²) in [5, 5.41) is 12.9. The van der Waals surface area contributed by atoms with Crippen LogP contribution in [0.4, 0.5) is 39.3 Å². The molecule has 0 aliphatic carbocycles. The van der Waals surface area contributed by atoms with Gasteiger partial charge in [-0.05, 0) is 72.7 Å². The number of rotatable bonds is 4. The molecule has 2 aromatic carbocycles. The van der Waals surface area contributed by atoms with Crippen LogP contribution in [0.2, 0.25) is 5.02 Å². The number of amides is 3. The number of hydrogen-bond donors (Lipinski definition) is 4. The fourth-order valence-corrected chi connectivity index (χ4v) is 5.26. The van der Waals surface area contributed by atoms with Crippen LogP contribution in [0.1, 0.15) is 24.0 Å². The Morgan fingerprint density at radius 3 is 2.73 bits per heavy atom. The van der Waals surface area contributed by atoms with Crippen LogP contribution in [0.3, 0.4) is 0 Å². The summed E-state index contributed by atoms with van der Waals surface area (Å²) < 4.78 is 0. The number of nitrogens with one attached hydrogen (secondary N) is 4. The first kappa shape index (κ1) is 26.5. The minimum atomic E-state index is -0.141. The van der Waals surface area contributed by atoms with E-state index < -0.39 is 0 Å². The van der Waals surface area contributed by atoms with Gasteiger partial charge in [0.05, 0.1) is 18.1 Å². The molecule has 11 heteroatoms. The first-order valence-electron chi connectivity index (χ1n) is 13.5. The Morgan fingerprint density at radius 2 is 1.85 bits per heavy atom. The molecule has 2 aliphatic heterocycles. The number of para-hydroxylation sites is 1. The summed E-state index contributed by atoms with van der Waals surface area (Å²) in [6, 6.07) is 17.0. The average molecular weight is 569 g/mol. The zero-order chi connectivity index (χ0) is 28.2. The lowest BCUT2D eigenvalue weighted by Crippen LogP contribution is -2.33. The van der Waals surface area contributed by atoms with Crippen LogP contribution in [-0.4, -0.2) is 44.9 Å². The zero-order valence-electron chi connectivity index (χ0n) is 22.2. The molecular weight excluding hydrogens is 540 g/mol. The highest BCUT2D eigenvalue weighted by molar-refractivity contribution is 6.32. The molecule has 1 atom stereocenters. The number of nitrogens with zero attached hydrogens (tertiary/aromatic N) is 4. The monoisotopic (exact) mass is 568 g/mol. The summed E-state index contributed by atoms with van der Waals surface area (Å²) in [7, 11) is 0. The number of likely N-dealkylation sites (tertiary alicyclic amines) is 1. The predicted octanol–water partition coefficient (Wildman–Crippen LogP) is 5.99. The first-order valence-corrected chi connectivity index (χ1v) is 13.9. The molecule has 0 unspecified atom stereocenters. The molecule has 0 spiro atoms. The quantitative estimate of drug-likeness (QED) is 0.238. The number of carbonyl (C=O) groups excluding carboxylic acids is 2. The molecule has 0 radical (unpaired) electrons. The number of fused-ring (bicyclic) bond motifs is 6. The number of pyridine rings is 1. The molecule has 6 rings (SSSR count). The van der Waals surface area contributed by atoms with Crippen molar-refractivity contribution < 1.29 is 9.59 Å². The van der Waals surface area contributed by atoms with E-state index in [0.717, 1.165) is 46.7 Å². The smallest absolute Gasteiger partial charge is 0.321 e. The second-order valence-electron chi connectivity index (χ2n) is 10.2. The summed E-state index contributed by atoms with van der Waals surface area (Å²) in [4.78, 5) is 40.7. The van der Waals surface area contributed by atoms with Crippen LogP contribution in [0.15, 0.2) is 73.2 Å². The number of halogens is 1. The Bertz CT molecular complexity index is 1580. The third-order valence-electron chi connectivity index (χ3n) is 7.19. The normalized spacial score (nSPS) is 15.8. The maximum Gasteiger partial charge on any atom is 0.321 e. The Kier molecular flexibility index (Phi) is 7.64. The number of anilines is 6. The fourth-order valence-electron chi connectivity index (χ4n) is 5.12. The number of aromatic nitrogens is 3. The summed E-state index contributed by atoms with van der Waals surface area (Å²) >= 11 is 6.37. The molecule has 1 fully saturated rings. The standard InChI is InChI=1S/C30H29ClN8O2/c31-25-17-33-29-35-24-12-19(15-32-16-24)6-7-21-14-23(34-28(25)38-29)8-9-26(21)37-27(40)13-20-10-11-39(18-20)30(41)36-22-4-2-1-3-5-22/h1-5,8-9,12,14-17,20H,6-7,10-11,13,18H2,(H,36,41)(H,37,40)(H2,33,34,35,38)/t20-/m1/s1. The fraction of sp³-hybridized carbons (Fsp3) is 0.233. The zero-order valence-corrected chi connectivity index (χ0v) is 23.0. The van der Waals surface area contributed by atoms with Crippen LogP contribution in [0.5, 0.6) is 0 Å². The van der Waals surface area contributed by atoms with E-state index in [9.17, 15) is 9.59 Å². The highest BCUT2D eigenvalue weighted by atomic mass is 35.5. The van der Waals surface area contributed by atoms with Crippen molar-refractivity contribution in [2.24, 2.45) is 5.92 Å². The average Bonchev–Trinajstić information content (AvgIpc) is 3.44. The van der Waals surface area contributed by atoms with E-state index in [1.165, 1.54) is 0 Å². The molecule has 2 aromatic heterocycles. The van der Waals surface area contributed by atoms with Gasteiger partial charge in [0.25, 0.3) is 0 Å². The topological polar surface area (TPSA) is 124 Å². The molecule has 4 aromatic rings. The third kappa shape index (κ3) is 6.55. The van der Waals surface area contributed by atoms with E-state index in [-0.39, 0.29) is 17.9 Å². The molecule has 1 saturated heterocycles. The lowest BCUT2D eigenvalue weighted by atomic mass is 10.0. The van der Waals surface area contributed by atoms with E-state index >= 15 is 0 Å². The lowest BCUT2D eigenvalue weighted by molar-refractivity contribution is -0.117. The lowest BCUT2D eigenvalue weighted by Gasteiger charge is -2.18.